The van der Waals surface area contributed by atoms with Crippen LogP contribution in [0.4, 0.5) is 0 Å². The molecule has 100 valence electrons. The zero-order valence-electron chi connectivity index (χ0n) is 11.9. The summed E-state index contributed by atoms with van der Waals surface area (Å²) in [5.74, 6) is 2.36. The number of hydrogen-bond donors (Lipinski definition) is 1. The fraction of sp³-hybridized carbons (Fsp3) is 0.625. The Morgan fingerprint density at radius 3 is 2.72 bits per heavy atom. The first-order chi connectivity index (χ1) is 8.58. The molecule has 0 fully saturated rings. The van der Waals surface area contributed by atoms with Gasteiger partial charge in [-0.05, 0) is 54.7 Å². The van der Waals surface area contributed by atoms with Crippen LogP contribution in [0.3, 0.4) is 0 Å². The van der Waals surface area contributed by atoms with Gasteiger partial charge < -0.3 is 9.84 Å². The van der Waals surface area contributed by atoms with E-state index in [1.807, 2.05) is 0 Å². The predicted octanol–water partition coefficient (Wildman–Crippen LogP) is 3.61. The Balaban J connectivity index is 2.53. The van der Waals surface area contributed by atoms with Crippen LogP contribution in [-0.4, -0.2) is 18.8 Å². The molecule has 0 spiro atoms. The van der Waals surface area contributed by atoms with Gasteiger partial charge in [0.2, 0.25) is 0 Å². The van der Waals surface area contributed by atoms with Gasteiger partial charge in [-0.3, -0.25) is 0 Å². The number of aliphatic hydroxyl groups excluding tert-OH is 1. The second-order valence-corrected chi connectivity index (χ2v) is 5.71. The molecule has 0 amide bonds. The topological polar surface area (TPSA) is 29.5 Å². The Hall–Kier alpha value is -1.02. The Morgan fingerprint density at radius 2 is 2.11 bits per heavy atom. The van der Waals surface area contributed by atoms with Gasteiger partial charge in [-0.25, -0.2) is 0 Å². The Labute approximate surface area is 110 Å². The standard InChI is InChI=1S/C16H24O2/c1-10-7-14-13(12(3)9-17)6-5-11(2)16(14)15(8-10)18-4/h7-8,11-13,17H,5-6,9H2,1-4H3/t11-,12-,13+/m1/s1. The highest BCUT2D eigenvalue weighted by molar-refractivity contribution is 5.48. The number of hydrogen-bond acceptors (Lipinski definition) is 2. The van der Waals surface area contributed by atoms with Gasteiger partial charge in [0.1, 0.15) is 5.75 Å². The molecular weight excluding hydrogens is 224 g/mol. The number of aryl methyl sites for hydroxylation is 1. The molecule has 0 aliphatic heterocycles. The van der Waals surface area contributed by atoms with E-state index in [1.165, 1.54) is 29.5 Å². The van der Waals surface area contributed by atoms with Crippen LogP contribution in [-0.2, 0) is 0 Å². The molecule has 0 saturated heterocycles. The molecule has 0 radical (unpaired) electrons. The first-order valence-corrected chi connectivity index (χ1v) is 6.87. The minimum absolute atomic E-state index is 0.259. The minimum atomic E-state index is 0.259. The van der Waals surface area contributed by atoms with E-state index in [2.05, 4.69) is 32.9 Å². The van der Waals surface area contributed by atoms with Crippen LogP contribution < -0.4 is 4.74 Å². The number of benzene rings is 1. The highest BCUT2D eigenvalue weighted by atomic mass is 16.5. The molecular formula is C16H24O2. The van der Waals surface area contributed by atoms with E-state index in [4.69, 9.17) is 4.74 Å². The van der Waals surface area contributed by atoms with Crippen molar-refractivity contribution in [2.45, 2.75) is 45.4 Å². The lowest BCUT2D eigenvalue weighted by molar-refractivity contribution is 0.205. The van der Waals surface area contributed by atoms with Crippen LogP contribution in [0.15, 0.2) is 12.1 Å². The molecule has 2 heteroatoms. The van der Waals surface area contributed by atoms with Crippen LogP contribution in [0.25, 0.3) is 0 Å². The fourth-order valence-corrected chi connectivity index (χ4v) is 3.24. The summed E-state index contributed by atoms with van der Waals surface area (Å²) in [4.78, 5) is 0. The molecule has 2 rings (SSSR count). The highest BCUT2D eigenvalue weighted by Gasteiger charge is 2.30. The molecule has 1 aromatic rings. The molecule has 1 aliphatic rings. The average molecular weight is 248 g/mol. The number of fused-ring (bicyclic) bond motifs is 1. The van der Waals surface area contributed by atoms with Crippen molar-refractivity contribution < 1.29 is 9.84 Å². The predicted molar refractivity (Wildman–Crippen MR) is 74.4 cm³/mol. The minimum Gasteiger partial charge on any atom is -0.496 e. The van der Waals surface area contributed by atoms with E-state index in [0.717, 1.165) is 5.75 Å². The molecule has 1 aromatic carbocycles. The van der Waals surface area contributed by atoms with Gasteiger partial charge in [-0.15, -0.1) is 0 Å². The van der Waals surface area contributed by atoms with Crippen molar-refractivity contribution in [1.82, 2.24) is 0 Å². The SMILES string of the molecule is COc1cc(C)cc2c1[C@H](C)CC[C@H]2[C@H](C)CO. The Bertz CT molecular complexity index is 425. The molecule has 0 saturated carbocycles. The third-order valence-electron chi connectivity index (χ3n) is 4.32. The maximum atomic E-state index is 9.44. The molecule has 1 aliphatic carbocycles. The van der Waals surface area contributed by atoms with Crippen LogP contribution in [0.5, 0.6) is 5.75 Å². The number of rotatable bonds is 3. The van der Waals surface area contributed by atoms with E-state index < -0.39 is 0 Å². The van der Waals surface area contributed by atoms with E-state index in [9.17, 15) is 5.11 Å². The smallest absolute Gasteiger partial charge is 0.122 e. The van der Waals surface area contributed by atoms with Crippen molar-refractivity contribution in [3.8, 4) is 5.75 Å². The third kappa shape index (κ3) is 2.26. The highest BCUT2D eigenvalue weighted by Crippen LogP contribution is 2.46. The lowest BCUT2D eigenvalue weighted by Crippen LogP contribution is -2.21. The van der Waals surface area contributed by atoms with E-state index in [0.29, 0.717) is 17.8 Å². The molecule has 3 atom stereocenters. The summed E-state index contributed by atoms with van der Waals surface area (Å²) in [6.07, 6.45) is 2.35. The summed E-state index contributed by atoms with van der Waals surface area (Å²) < 4.78 is 5.56. The van der Waals surface area contributed by atoms with Crippen LogP contribution in [0, 0.1) is 12.8 Å². The molecule has 0 aromatic heterocycles. The van der Waals surface area contributed by atoms with Gasteiger partial charge in [0, 0.05) is 12.2 Å². The summed E-state index contributed by atoms with van der Waals surface area (Å²) in [7, 11) is 1.75. The zero-order chi connectivity index (χ0) is 13.3. The van der Waals surface area contributed by atoms with Crippen LogP contribution >= 0.6 is 0 Å². The van der Waals surface area contributed by atoms with Crippen molar-refractivity contribution in [3.63, 3.8) is 0 Å². The van der Waals surface area contributed by atoms with Gasteiger partial charge in [-0.2, -0.15) is 0 Å². The average Bonchev–Trinajstić information content (AvgIpc) is 2.37. The number of ether oxygens (including phenoxy) is 1. The molecule has 2 nitrogen and oxygen atoms in total. The van der Waals surface area contributed by atoms with Gasteiger partial charge in [0.25, 0.3) is 0 Å². The van der Waals surface area contributed by atoms with Gasteiger partial charge in [0.15, 0.2) is 0 Å². The van der Waals surface area contributed by atoms with E-state index >= 15 is 0 Å². The molecule has 1 N–H and O–H groups in total. The summed E-state index contributed by atoms with van der Waals surface area (Å²) >= 11 is 0. The lowest BCUT2D eigenvalue weighted by atomic mass is 9.72. The molecule has 0 bridgehead atoms. The van der Waals surface area contributed by atoms with Crippen LogP contribution in [0.2, 0.25) is 0 Å². The van der Waals surface area contributed by atoms with Crippen molar-refractivity contribution in [2.24, 2.45) is 5.92 Å². The lowest BCUT2D eigenvalue weighted by Gasteiger charge is -2.34. The van der Waals surface area contributed by atoms with E-state index in [-0.39, 0.29) is 6.61 Å². The first-order valence-electron chi connectivity index (χ1n) is 6.87. The van der Waals surface area contributed by atoms with Gasteiger partial charge >= 0.3 is 0 Å². The van der Waals surface area contributed by atoms with Crippen molar-refractivity contribution in [1.29, 1.82) is 0 Å². The van der Waals surface area contributed by atoms with Crippen molar-refractivity contribution >= 4 is 0 Å². The summed E-state index contributed by atoms with van der Waals surface area (Å²) in [5, 5.41) is 9.44. The summed E-state index contributed by atoms with van der Waals surface area (Å²) in [6.45, 7) is 6.78. The second-order valence-electron chi connectivity index (χ2n) is 5.71. The van der Waals surface area contributed by atoms with Gasteiger partial charge in [0.05, 0.1) is 7.11 Å². The Morgan fingerprint density at radius 1 is 1.39 bits per heavy atom. The second kappa shape index (κ2) is 5.31. The zero-order valence-corrected chi connectivity index (χ0v) is 11.9. The summed E-state index contributed by atoms with van der Waals surface area (Å²) in [5.41, 5.74) is 4.00. The fourth-order valence-electron chi connectivity index (χ4n) is 3.24. The number of aliphatic hydroxyl groups is 1. The van der Waals surface area contributed by atoms with Crippen molar-refractivity contribution in [3.05, 3.63) is 28.8 Å². The maximum absolute atomic E-state index is 9.44. The van der Waals surface area contributed by atoms with Crippen molar-refractivity contribution in [2.75, 3.05) is 13.7 Å². The monoisotopic (exact) mass is 248 g/mol. The largest absolute Gasteiger partial charge is 0.496 e. The molecule has 0 heterocycles. The third-order valence-corrected chi connectivity index (χ3v) is 4.32. The Kier molecular flexibility index (Phi) is 3.96. The summed E-state index contributed by atoms with van der Waals surface area (Å²) in [6, 6.07) is 4.41. The number of methoxy groups -OCH3 is 1. The van der Waals surface area contributed by atoms with Crippen LogP contribution in [0.1, 0.15) is 55.2 Å². The first kappa shape index (κ1) is 13.4. The maximum Gasteiger partial charge on any atom is 0.122 e. The molecule has 0 unspecified atom stereocenters. The normalized spacial score (nSPS) is 24.5. The molecule has 18 heavy (non-hydrogen) atoms. The van der Waals surface area contributed by atoms with E-state index in [1.54, 1.807) is 7.11 Å². The van der Waals surface area contributed by atoms with Gasteiger partial charge in [-0.1, -0.05) is 19.9 Å². The quantitative estimate of drug-likeness (QED) is 0.885.